The molecule has 0 aliphatic carbocycles. The molecule has 0 aliphatic heterocycles. The highest BCUT2D eigenvalue weighted by molar-refractivity contribution is 5.94. The first-order chi connectivity index (χ1) is 13.0. The van der Waals surface area contributed by atoms with E-state index in [1.807, 2.05) is 0 Å². The Kier molecular flexibility index (Phi) is 5.39. The third-order valence-electron chi connectivity index (χ3n) is 3.59. The van der Waals surface area contributed by atoms with Crippen LogP contribution in [-0.4, -0.2) is 28.0 Å². The van der Waals surface area contributed by atoms with Crippen LogP contribution in [0.25, 0.3) is 11.3 Å². The van der Waals surface area contributed by atoms with Gasteiger partial charge in [-0.3, -0.25) is 0 Å². The smallest absolute Gasteiger partial charge is 0.361 e. The molecule has 0 spiro atoms. The Hall–Kier alpha value is -3.36. The van der Waals surface area contributed by atoms with Crippen LogP contribution in [0.3, 0.4) is 0 Å². The summed E-state index contributed by atoms with van der Waals surface area (Å²) < 4.78 is 50.5. The quantitative estimate of drug-likeness (QED) is 0.664. The lowest BCUT2D eigenvalue weighted by Gasteiger charge is -2.11. The lowest BCUT2D eigenvalue weighted by Crippen LogP contribution is -2.07. The van der Waals surface area contributed by atoms with E-state index in [0.717, 1.165) is 18.2 Å². The first kappa shape index (κ1) is 18.4. The number of rotatable bonds is 6. The molecule has 27 heavy (non-hydrogen) atoms. The molecule has 0 saturated carbocycles. The average molecular weight is 377 g/mol. The zero-order valence-corrected chi connectivity index (χ0v) is 14.1. The molecule has 9 heteroatoms. The van der Waals surface area contributed by atoms with Crippen molar-refractivity contribution < 1.29 is 27.4 Å². The molecule has 0 radical (unpaired) electrons. The molecule has 0 unspecified atom stereocenters. The van der Waals surface area contributed by atoms with Crippen LogP contribution in [0.2, 0.25) is 0 Å². The minimum atomic E-state index is -1.02. The number of nitrogens with zero attached hydrogens (tertiary/aromatic N) is 2. The van der Waals surface area contributed by atoms with E-state index in [-0.39, 0.29) is 35.9 Å². The first-order valence-corrected chi connectivity index (χ1v) is 7.94. The fourth-order valence-corrected chi connectivity index (χ4v) is 2.36. The lowest BCUT2D eigenvalue weighted by molar-refractivity contribution is 0.0520. The molecule has 1 aromatic heterocycles. The van der Waals surface area contributed by atoms with E-state index in [4.69, 9.17) is 9.47 Å². The van der Waals surface area contributed by atoms with E-state index in [9.17, 15) is 18.0 Å². The van der Waals surface area contributed by atoms with Crippen LogP contribution in [0.4, 0.5) is 13.2 Å². The predicted octanol–water partition coefficient (Wildman–Crippen LogP) is 3.64. The van der Waals surface area contributed by atoms with Gasteiger partial charge in [0.25, 0.3) is 0 Å². The summed E-state index contributed by atoms with van der Waals surface area (Å²) in [6.45, 7) is 1.64. The molecule has 1 N–H and O–H groups in total. The van der Waals surface area contributed by atoms with E-state index in [1.165, 1.54) is 18.2 Å². The van der Waals surface area contributed by atoms with Gasteiger partial charge in [-0.1, -0.05) is 6.07 Å². The second kappa shape index (κ2) is 7.90. The van der Waals surface area contributed by atoms with E-state index < -0.39 is 23.4 Å². The number of aromatic nitrogens is 3. The van der Waals surface area contributed by atoms with E-state index in [1.54, 1.807) is 6.92 Å². The van der Waals surface area contributed by atoms with Crippen molar-refractivity contribution in [1.82, 2.24) is 15.4 Å². The van der Waals surface area contributed by atoms with Crippen LogP contribution < -0.4 is 4.74 Å². The topological polar surface area (TPSA) is 77.1 Å². The van der Waals surface area contributed by atoms with Crippen molar-refractivity contribution in [3.63, 3.8) is 0 Å². The Morgan fingerprint density at radius 3 is 2.63 bits per heavy atom. The second-order valence-corrected chi connectivity index (χ2v) is 5.42. The molecule has 0 amide bonds. The molecule has 0 bridgehead atoms. The van der Waals surface area contributed by atoms with Gasteiger partial charge in [0.15, 0.2) is 17.3 Å². The number of carbonyl (C=O) groups is 1. The van der Waals surface area contributed by atoms with E-state index >= 15 is 0 Å². The zero-order chi connectivity index (χ0) is 19.4. The Labute approximate surface area is 151 Å². The number of aromatic amines is 1. The van der Waals surface area contributed by atoms with Gasteiger partial charge in [0.1, 0.15) is 23.9 Å². The van der Waals surface area contributed by atoms with Crippen LogP contribution in [0.5, 0.6) is 5.75 Å². The number of hydrogen-bond donors (Lipinski definition) is 1. The van der Waals surface area contributed by atoms with Crippen molar-refractivity contribution in [2.75, 3.05) is 6.61 Å². The Balaban J connectivity index is 1.91. The Bertz CT molecular complexity index is 975. The second-order valence-electron chi connectivity index (χ2n) is 5.42. The summed E-state index contributed by atoms with van der Waals surface area (Å²) in [6.07, 6.45) is 0. The molecular formula is C18H14F3N3O3. The first-order valence-electron chi connectivity index (χ1n) is 7.94. The van der Waals surface area contributed by atoms with Crippen molar-refractivity contribution in [2.24, 2.45) is 0 Å². The van der Waals surface area contributed by atoms with Crippen molar-refractivity contribution in [3.05, 3.63) is 65.1 Å². The standard InChI is InChI=1S/C18H14F3N3O3/c1-2-26-18(25)17-16(22-24-23-17)12-5-4-11(19)8-15(12)27-9-10-3-6-13(20)14(21)7-10/h3-8H,2,9H2,1H3,(H,22,23,24). The monoisotopic (exact) mass is 377 g/mol. The maximum atomic E-state index is 13.7. The van der Waals surface area contributed by atoms with Gasteiger partial charge in [0.05, 0.1) is 6.61 Å². The summed E-state index contributed by atoms with van der Waals surface area (Å²) in [4.78, 5) is 12.0. The number of hydrogen-bond acceptors (Lipinski definition) is 5. The van der Waals surface area contributed by atoms with Gasteiger partial charge < -0.3 is 9.47 Å². The van der Waals surface area contributed by atoms with Gasteiger partial charge in [-0.2, -0.15) is 10.3 Å². The highest BCUT2D eigenvalue weighted by Gasteiger charge is 2.22. The molecule has 0 aliphatic rings. The zero-order valence-electron chi connectivity index (χ0n) is 14.1. The van der Waals surface area contributed by atoms with Gasteiger partial charge in [0, 0.05) is 11.6 Å². The summed E-state index contributed by atoms with van der Waals surface area (Å²) in [5.41, 5.74) is 0.667. The molecule has 2 aromatic carbocycles. The highest BCUT2D eigenvalue weighted by atomic mass is 19.2. The third-order valence-corrected chi connectivity index (χ3v) is 3.59. The summed E-state index contributed by atoms with van der Waals surface area (Å²) >= 11 is 0. The fraction of sp³-hybridized carbons (Fsp3) is 0.167. The maximum Gasteiger partial charge on any atom is 0.361 e. The summed E-state index contributed by atoms with van der Waals surface area (Å²) in [5.74, 6) is -3.22. The molecule has 140 valence electrons. The summed E-state index contributed by atoms with van der Waals surface area (Å²) in [7, 11) is 0. The largest absolute Gasteiger partial charge is 0.488 e. The van der Waals surface area contributed by atoms with Crippen molar-refractivity contribution in [1.29, 1.82) is 0 Å². The molecule has 3 rings (SSSR count). The number of benzene rings is 2. The van der Waals surface area contributed by atoms with Crippen LogP contribution in [0.1, 0.15) is 23.0 Å². The number of halogens is 3. The van der Waals surface area contributed by atoms with Gasteiger partial charge in [0.2, 0.25) is 0 Å². The van der Waals surface area contributed by atoms with Gasteiger partial charge in [-0.05, 0) is 36.8 Å². The van der Waals surface area contributed by atoms with Crippen molar-refractivity contribution in [3.8, 4) is 17.0 Å². The van der Waals surface area contributed by atoms with Crippen LogP contribution in [-0.2, 0) is 11.3 Å². The average Bonchev–Trinajstić information content (AvgIpc) is 3.12. The Morgan fingerprint density at radius 2 is 1.89 bits per heavy atom. The molecule has 3 aromatic rings. The highest BCUT2D eigenvalue weighted by Crippen LogP contribution is 2.32. The van der Waals surface area contributed by atoms with Crippen LogP contribution in [0, 0.1) is 17.5 Å². The molecular weight excluding hydrogens is 363 g/mol. The van der Waals surface area contributed by atoms with Gasteiger partial charge >= 0.3 is 5.97 Å². The van der Waals surface area contributed by atoms with Crippen LogP contribution in [0.15, 0.2) is 36.4 Å². The van der Waals surface area contributed by atoms with Crippen molar-refractivity contribution >= 4 is 5.97 Å². The third kappa shape index (κ3) is 4.08. The lowest BCUT2D eigenvalue weighted by atomic mass is 10.1. The summed E-state index contributed by atoms with van der Waals surface area (Å²) in [6, 6.07) is 6.93. The SMILES string of the molecule is CCOC(=O)c1n[nH]nc1-c1ccc(F)cc1OCc1ccc(F)c(F)c1. The minimum absolute atomic E-state index is 0.0548. The minimum Gasteiger partial charge on any atom is -0.488 e. The molecule has 0 fully saturated rings. The van der Waals surface area contributed by atoms with Crippen LogP contribution >= 0.6 is 0 Å². The van der Waals surface area contributed by atoms with Crippen molar-refractivity contribution in [2.45, 2.75) is 13.5 Å². The molecule has 6 nitrogen and oxygen atoms in total. The molecule has 0 saturated heterocycles. The predicted molar refractivity (Wildman–Crippen MR) is 88.4 cm³/mol. The molecule has 1 heterocycles. The summed E-state index contributed by atoms with van der Waals surface area (Å²) in [5, 5.41) is 10.00. The van der Waals surface area contributed by atoms with Gasteiger partial charge in [-0.25, -0.2) is 18.0 Å². The normalized spacial score (nSPS) is 10.7. The number of carbonyl (C=O) groups excluding carboxylic acids is 1. The number of H-pyrrole nitrogens is 1. The molecule has 0 atom stereocenters. The fourth-order valence-electron chi connectivity index (χ4n) is 2.36. The van der Waals surface area contributed by atoms with E-state index in [0.29, 0.717) is 5.56 Å². The number of esters is 1. The Morgan fingerprint density at radius 1 is 1.07 bits per heavy atom. The van der Waals surface area contributed by atoms with E-state index in [2.05, 4.69) is 15.4 Å². The van der Waals surface area contributed by atoms with Gasteiger partial charge in [-0.15, -0.1) is 5.10 Å². The maximum absolute atomic E-state index is 13.7. The number of ether oxygens (including phenoxy) is 2. The number of nitrogens with one attached hydrogen (secondary N) is 1.